The Morgan fingerprint density at radius 2 is 1.81 bits per heavy atom. The van der Waals surface area contributed by atoms with Crippen LogP contribution in [-0.2, 0) is 11.8 Å². The number of carbonyl (C=O) groups is 2. The van der Waals surface area contributed by atoms with Gasteiger partial charge in [-0.1, -0.05) is 0 Å². The number of hydrogen-bond donors (Lipinski definition) is 1. The number of nitrogens with zero attached hydrogens (tertiary/aromatic N) is 5. The molecule has 1 fully saturated rings. The minimum Gasteiger partial charge on any atom is -0.353 e. The Balaban J connectivity index is 1.62. The molecule has 0 radical (unpaired) electrons. The molecule has 3 rings (SSSR count). The Bertz CT molecular complexity index is 757. The third-order valence-corrected chi connectivity index (χ3v) is 4.46. The van der Waals surface area contributed by atoms with Crippen LogP contribution in [0.15, 0.2) is 30.7 Å². The van der Waals surface area contributed by atoms with Gasteiger partial charge in [-0.2, -0.15) is 5.10 Å². The van der Waals surface area contributed by atoms with Gasteiger partial charge in [0.2, 0.25) is 5.91 Å². The molecule has 8 nitrogen and oxygen atoms in total. The Kier molecular flexibility index (Phi) is 5.41. The van der Waals surface area contributed by atoms with Crippen molar-refractivity contribution in [2.45, 2.75) is 19.9 Å². The molecule has 8 heteroatoms. The van der Waals surface area contributed by atoms with E-state index in [0.29, 0.717) is 38.3 Å². The predicted molar refractivity (Wildman–Crippen MR) is 98.2 cm³/mol. The molecule has 0 saturated carbocycles. The van der Waals surface area contributed by atoms with Gasteiger partial charge in [-0.3, -0.25) is 19.2 Å². The first-order chi connectivity index (χ1) is 12.5. The minimum atomic E-state index is -0.0203. The number of hydrogen-bond acceptors (Lipinski definition) is 4. The lowest BCUT2D eigenvalue weighted by Gasteiger charge is -2.34. The zero-order valence-electron chi connectivity index (χ0n) is 15.6. The smallest absolute Gasteiger partial charge is 0.259 e. The Morgan fingerprint density at radius 1 is 1.15 bits per heavy atom. The van der Waals surface area contributed by atoms with Crippen molar-refractivity contribution in [3.63, 3.8) is 0 Å². The molecule has 2 amide bonds. The molecule has 1 aliphatic heterocycles. The first-order valence-electron chi connectivity index (χ1n) is 8.92. The molecular formula is C18H26N6O2. The average molecular weight is 358 g/mol. The number of amides is 2. The maximum absolute atomic E-state index is 13.0. The number of piperazine rings is 1. The van der Waals surface area contributed by atoms with Crippen molar-refractivity contribution < 1.29 is 9.59 Å². The summed E-state index contributed by atoms with van der Waals surface area (Å²) < 4.78 is 3.60. The molecule has 140 valence electrons. The van der Waals surface area contributed by atoms with Crippen LogP contribution in [0.3, 0.4) is 0 Å². The third-order valence-electron chi connectivity index (χ3n) is 4.46. The van der Waals surface area contributed by atoms with E-state index < -0.39 is 0 Å². The average Bonchev–Trinajstić information content (AvgIpc) is 3.23. The second-order valence-corrected chi connectivity index (χ2v) is 6.89. The van der Waals surface area contributed by atoms with E-state index in [1.807, 2.05) is 54.9 Å². The van der Waals surface area contributed by atoms with E-state index in [1.54, 1.807) is 10.9 Å². The molecule has 0 aromatic carbocycles. The van der Waals surface area contributed by atoms with Crippen LogP contribution in [0.4, 0.5) is 0 Å². The molecule has 1 N–H and O–H groups in total. The molecule has 26 heavy (non-hydrogen) atoms. The summed E-state index contributed by atoms with van der Waals surface area (Å²) >= 11 is 0. The first-order valence-corrected chi connectivity index (χ1v) is 8.92. The summed E-state index contributed by atoms with van der Waals surface area (Å²) in [7, 11) is 1.83. The molecule has 0 aliphatic carbocycles. The van der Waals surface area contributed by atoms with Crippen molar-refractivity contribution in [3.8, 4) is 5.82 Å². The number of carbonyl (C=O) groups excluding carboxylic acids is 2. The largest absolute Gasteiger partial charge is 0.353 e. The van der Waals surface area contributed by atoms with Crippen LogP contribution in [0.2, 0.25) is 0 Å². The Labute approximate surface area is 153 Å². The van der Waals surface area contributed by atoms with Crippen LogP contribution < -0.4 is 5.32 Å². The van der Waals surface area contributed by atoms with Gasteiger partial charge in [-0.05, 0) is 26.0 Å². The van der Waals surface area contributed by atoms with E-state index in [0.717, 1.165) is 5.82 Å². The second-order valence-electron chi connectivity index (χ2n) is 6.89. The van der Waals surface area contributed by atoms with Gasteiger partial charge in [0.25, 0.3) is 5.91 Å². The molecule has 3 heterocycles. The highest BCUT2D eigenvalue weighted by Gasteiger charge is 2.26. The van der Waals surface area contributed by atoms with Gasteiger partial charge in [0.1, 0.15) is 11.4 Å². The molecule has 2 aromatic heterocycles. The topological polar surface area (TPSA) is 75.4 Å². The first kappa shape index (κ1) is 18.2. The van der Waals surface area contributed by atoms with E-state index in [2.05, 4.69) is 15.3 Å². The summed E-state index contributed by atoms with van der Waals surface area (Å²) in [5.74, 6) is 0.772. The van der Waals surface area contributed by atoms with E-state index in [4.69, 9.17) is 0 Å². The maximum Gasteiger partial charge on any atom is 0.259 e. The lowest BCUT2D eigenvalue weighted by molar-refractivity contribution is -0.123. The van der Waals surface area contributed by atoms with Crippen LogP contribution >= 0.6 is 0 Å². The number of aromatic nitrogens is 3. The zero-order chi connectivity index (χ0) is 18.7. The molecule has 0 spiro atoms. The van der Waals surface area contributed by atoms with Crippen molar-refractivity contribution in [1.82, 2.24) is 29.5 Å². The third kappa shape index (κ3) is 3.96. The highest BCUT2D eigenvalue weighted by molar-refractivity contribution is 5.97. The fourth-order valence-corrected chi connectivity index (χ4v) is 3.21. The van der Waals surface area contributed by atoms with Crippen molar-refractivity contribution >= 4 is 11.8 Å². The molecule has 2 aromatic rings. The Morgan fingerprint density at radius 3 is 2.42 bits per heavy atom. The van der Waals surface area contributed by atoms with Crippen LogP contribution in [0, 0.1) is 0 Å². The van der Waals surface area contributed by atoms with E-state index in [9.17, 15) is 9.59 Å². The van der Waals surface area contributed by atoms with E-state index in [1.165, 1.54) is 0 Å². The predicted octanol–water partition coefficient (Wildman–Crippen LogP) is 0.493. The zero-order valence-corrected chi connectivity index (χ0v) is 15.6. The van der Waals surface area contributed by atoms with Crippen LogP contribution in [0.5, 0.6) is 0 Å². The fourth-order valence-electron chi connectivity index (χ4n) is 3.21. The summed E-state index contributed by atoms with van der Waals surface area (Å²) in [5, 5.41) is 7.16. The van der Waals surface area contributed by atoms with Crippen molar-refractivity contribution in [1.29, 1.82) is 0 Å². The lowest BCUT2D eigenvalue weighted by Crippen LogP contribution is -2.51. The quantitative estimate of drug-likeness (QED) is 0.844. The fraction of sp³-hybridized carbons (Fsp3) is 0.500. The van der Waals surface area contributed by atoms with Crippen LogP contribution in [-0.4, -0.2) is 74.7 Å². The number of aryl methyl sites for hydroxylation is 1. The van der Waals surface area contributed by atoms with Crippen LogP contribution in [0.1, 0.15) is 24.2 Å². The summed E-state index contributed by atoms with van der Waals surface area (Å²) in [5.41, 5.74) is 0.592. The summed E-state index contributed by atoms with van der Waals surface area (Å²) in [6, 6.07) is 3.98. The molecule has 0 atom stereocenters. The van der Waals surface area contributed by atoms with Gasteiger partial charge in [0.15, 0.2) is 0 Å². The van der Waals surface area contributed by atoms with Gasteiger partial charge in [0, 0.05) is 51.7 Å². The van der Waals surface area contributed by atoms with Crippen molar-refractivity contribution in [2.24, 2.45) is 7.05 Å². The SMILES string of the molecule is CC(C)NC(=O)CN1CCN(C(=O)c2cnn(C)c2-n2cccc2)CC1. The highest BCUT2D eigenvalue weighted by atomic mass is 16.2. The number of rotatable bonds is 5. The summed E-state index contributed by atoms with van der Waals surface area (Å²) in [4.78, 5) is 28.8. The summed E-state index contributed by atoms with van der Waals surface area (Å²) in [6.07, 6.45) is 5.43. The number of nitrogens with one attached hydrogen (secondary N) is 1. The molecule has 1 saturated heterocycles. The monoisotopic (exact) mass is 358 g/mol. The standard InChI is InChI=1S/C18H26N6O2/c1-14(2)20-16(25)13-22-8-10-24(11-9-22)18(26)15-12-19-21(3)17(15)23-6-4-5-7-23/h4-7,12,14H,8-11,13H2,1-3H3,(H,20,25). The molecule has 0 unspecified atom stereocenters. The van der Waals surface area contributed by atoms with Crippen molar-refractivity contribution in [2.75, 3.05) is 32.7 Å². The Hall–Kier alpha value is -2.61. The van der Waals surface area contributed by atoms with Gasteiger partial charge in [-0.15, -0.1) is 0 Å². The second kappa shape index (κ2) is 7.74. The molecular weight excluding hydrogens is 332 g/mol. The molecule has 1 aliphatic rings. The van der Waals surface area contributed by atoms with Gasteiger partial charge < -0.3 is 14.8 Å². The van der Waals surface area contributed by atoms with E-state index >= 15 is 0 Å². The van der Waals surface area contributed by atoms with E-state index in [-0.39, 0.29) is 17.9 Å². The lowest BCUT2D eigenvalue weighted by atomic mass is 10.2. The normalized spacial score (nSPS) is 15.5. The maximum atomic E-state index is 13.0. The van der Waals surface area contributed by atoms with Crippen molar-refractivity contribution in [3.05, 3.63) is 36.3 Å². The molecule has 0 bridgehead atoms. The summed E-state index contributed by atoms with van der Waals surface area (Å²) in [6.45, 7) is 6.87. The van der Waals surface area contributed by atoms with Gasteiger partial charge >= 0.3 is 0 Å². The highest BCUT2D eigenvalue weighted by Crippen LogP contribution is 2.17. The minimum absolute atomic E-state index is 0.0203. The van der Waals surface area contributed by atoms with Crippen LogP contribution in [0.25, 0.3) is 5.82 Å². The van der Waals surface area contributed by atoms with Gasteiger partial charge in [0.05, 0.1) is 12.7 Å². The van der Waals surface area contributed by atoms with Gasteiger partial charge in [-0.25, -0.2) is 0 Å².